The number of halogens is 3. The number of nitrogens with one attached hydrogen (secondary N) is 1. The number of hydrogen-bond acceptors (Lipinski definition) is 5. The molecule has 0 unspecified atom stereocenters. The first-order chi connectivity index (χ1) is 12.3. The Morgan fingerprint density at radius 3 is 2.31 bits per heavy atom. The van der Waals surface area contributed by atoms with E-state index < -0.39 is 30.6 Å². The van der Waals surface area contributed by atoms with Crippen molar-refractivity contribution in [3.05, 3.63) is 54.1 Å². The lowest BCUT2D eigenvalue weighted by molar-refractivity contribution is -0.274. The smallest absolute Gasteiger partial charge is 0.496 e. The number of carbonyl (C=O) groups excluding carboxylic acids is 2. The van der Waals surface area contributed by atoms with Gasteiger partial charge in [-0.25, -0.2) is 4.79 Å². The van der Waals surface area contributed by atoms with Gasteiger partial charge in [0.05, 0.1) is 7.11 Å². The molecule has 0 saturated heterocycles. The topological polar surface area (TPSA) is 73.9 Å². The molecule has 0 atom stereocenters. The number of ether oxygens (including phenoxy) is 3. The lowest BCUT2D eigenvalue weighted by atomic mass is 10.2. The molecule has 1 amide bonds. The van der Waals surface area contributed by atoms with E-state index >= 15 is 0 Å². The first-order valence-electron chi connectivity index (χ1n) is 7.24. The zero-order valence-electron chi connectivity index (χ0n) is 13.5. The highest BCUT2D eigenvalue weighted by molar-refractivity contribution is 5.96. The van der Waals surface area contributed by atoms with Gasteiger partial charge < -0.3 is 19.5 Å². The molecule has 2 rings (SSSR count). The highest BCUT2D eigenvalue weighted by Crippen LogP contribution is 2.24. The number of anilines is 1. The van der Waals surface area contributed by atoms with Crippen molar-refractivity contribution in [2.75, 3.05) is 19.0 Å². The summed E-state index contributed by atoms with van der Waals surface area (Å²) in [7, 11) is 1.39. The molecule has 1 N–H and O–H groups in total. The summed E-state index contributed by atoms with van der Waals surface area (Å²) >= 11 is 0. The minimum absolute atomic E-state index is 0.163. The van der Waals surface area contributed by atoms with E-state index in [1.165, 1.54) is 25.3 Å². The number of para-hydroxylation sites is 1. The molecule has 0 aromatic heterocycles. The van der Waals surface area contributed by atoms with Crippen LogP contribution < -0.4 is 14.8 Å². The maximum absolute atomic E-state index is 12.1. The third-order valence-corrected chi connectivity index (χ3v) is 3.03. The summed E-state index contributed by atoms with van der Waals surface area (Å²) < 4.78 is 49.8. The maximum Gasteiger partial charge on any atom is 0.573 e. The van der Waals surface area contributed by atoms with Crippen LogP contribution in [0.1, 0.15) is 10.4 Å². The second kappa shape index (κ2) is 8.24. The molecule has 0 radical (unpaired) electrons. The van der Waals surface area contributed by atoms with E-state index in [2.05, 4.69) is 10.1 Å². The summed E-state index contributed by atoms with van der Waals surface area (Å²) in [5.74, 6) is -1.51. The van der Waals surface area contributed by atoms with Crippen molar-refractivity contribution in [3.8, 4) is 11.5 Å². The molecule has 138 valence electrons. The highest BCUT2D eigenvalue weighted by Gasteiger charge is 2.30. The molecule has 0 heterocycles. The van der Waals surface area contributed by atoms with Crippen LogP contribution in [0.25, 0.3) is 0 Å². The number of esters is 1. The van der Waals surface area contributed by atoms with Gasteiger partial charge in [0.15, 0.2) is 6.61 Å². The molecule has 6 nitrogen and oxygen atoms in total. The number of benzene rings is 2. The third-order valence-electron chi connectivity index (χ3n) is 3.03. The van der Waals surface area contributed by atoms with Gasteiger partial charge in [0.25, 0.3) is 5.91 Å². The zero-order valence-corrected chi connectivity index (χ0v) is 13.5. The van der Waals surface area contributed by atoms with E-state index in [1.807, 2.05) is 0 Å². The molecule has 26 heavy (non-hydrogen) atoms. The molecule has 2 aromatic carbocycles. The molecule has 0 aliphatic heterocycles. The fourth-order valence-corrected chi connectivity index (χ4v) is 1.96. The normalized spacial score (nSPS) is 10.8. The Bertz CT molecular complexity index is 775. The minimum Gasteiger partial charge on any atom is -0.496 e. The van der Waals surface area contributed by atoms with E-state index in [0.717, 1.165) is 12.1 Å². The zero-order chi connectivity index (χ0) is 19.2. The Morgan fingerprint density at radius 2 is 1.69 bits per heavy atom. The predicted molar refractivity (Wildman–Crippen MR) is 85.0 cm³/mol. The fourth-order valence-electron chi connectivity index (χ4n) is 1.96. The van der Waals surface area contributed by atoms with Crippen molar-refractivity contribution in [2.24, 2.45) is 0 Å². The summed E-state index contributed by atoms with van der Waals surface area (Å²) in [4.78, 5) is 23.7. The van der Waals surface area contributed by atoms with Crippen LogP contribution in [0.5, 0.6) is 11.5 Å². The molecule has 9 heteroatoms. The van der Waals surface area contributed by atoms with Crippen molar-refractivity contribution in [1.82, 2.24) is 0 Å². The molecule has 0 aliphatic rings. The van der Waals surface area contributed by atoms with Gasteiger partial charge in [-0.05, 0) is 36.4 Å². The summed E-state index contributed by atoms with van der Waals surface area (Å²) in [5, 5.41) is 2.38. The Kier molecular flexibility index (Phi) is 6.05. The number of hydrogen-bond donors (Lipinski definition) is 1. The second-order valence-electron chi connectivity index (χ2n) is 4.90. The number of amides is 1. The van der Waals surface area contributed by atoms with Crippen molar-refractivity contribution < 1.29 is 37.0 Å². The van der Waals surface area contributed by atoms with Crippen LogP contribution in [-0.4, -0.2) is 32.0 Å². The summed E-state index contributed by atoms with van der Waals surface area (Å²) in [6, 6.07) is 10.9. The molecule has 2 aromatic rings. The quantitative estimate of drug-likeness (QED) is 0.790. The van der Waals surface area contributed by atoms with E-state index in [-0.39, 0.29) is 11.3 Å². The van der Waals surface area contributed by atoms with Gasteiger partial charge in [0.1, 0.15) is 17.1 Å². The molecule has 0 aliphatic carbocycles. The first-order valence-corrected chi connectivity index (χ1v) is 7.24. The van der Waals surface area contributed by atoms with Crippen LogP contribution in [0.4, 0.5) is 18.9 Å². The van der Waals surface area contributed by atoms with Crippen molar-refractivity contribution >= 4 is 17.6 Å². The monoisotopic (exact) mass is 369 g/mol. The lowest BCUT2D eigenvalue weighted by Crippen LogP contribution is -2.21. The predicted octanol–water partition coefficient (Wildman–Crippen LogP) is 3.39. The summed E-state index contributed by atoms with van der Waals surface area (Å²) in [5.41, 5.74) is 0.384. The van der Waals surface area contributed by atoms with Gasteiger partial charge in [-0.3, -0.25) is 4.79 Å². The van der Waals surface area contributed by atoms with Crippen LogP contribution in [0.3, 0.4) is 0 Å². The molecular formula is C17H14F3NO5. The highest BCUT2D eigenvalue weighted by atomic mass is 19.4. The Hall–Kier alpha value is -3.23. The molecule has 0 saturated carbocycles. The third kappa shape index (κ3) is 5.69. The lowest BCUT2D eigenvalue weighted by Gasteiger charge is -2.10. The SMILES string of the molecule is COc1ccccc1C(=O)OCC(=O)Nc1ccc(OC(F)(F)F)cc1. The average molecular weight is 369 g/mol. The maximum atomic E-state index is 12.1. The summed E-state index contributed by atoms with van der Waals surface area (Å²) in [6.07, 6.45) is -4.79. The van der Waals surface area contributed by atoms with E-state index in [1.54, 1.807) is 18.2 Å². The Balaban J connectivity index is 1.88. The van der Waals surface area contributed by atoms with Crippen molar-refractivity contribution in [1.29, 1.82) is 0 Å². The largest absolute Gasteiger partial charge is 0.573 e. The second-order valence-corrected chi connectivity index (χ2v) is 4.90. The van der Waals surface area contributed by atoms with Crippen molar-refractivity contribution in [3.63, 3.8) is 0 Å². The standard InChI is InChI=1S/C17H14F3NO5/c1-24-14-5-3-2-4-13(14)16(23)25-10-15(22)21-11-6-8-12(9-7-11)26-17(18,19)20/h2-9H,10H2,1H3,(H,21,22). The molecule has 0 fully saturated rings. The Morgan fingerprint density at radius 1 is 1.04 bits per heavy atom. The number of rotatable bonds is 6. The van der Waals surface area contributed by atoms with Crippen LogP contribution >= 0.6 is 0 Å². The van der Waals surface area contributed by atoms with Gasteiger partial charge in [-0.15, -0.1) is 13.2 Å². The van der Waals surface area contributed by atoms with Gasteiger partial charge in [-0.1, -0.05) is 12.1 Å². The van der Waals surface area contributed by atoms with Crippen LogP contribution in [0, 0.1) is 0 Å². The number of carbonyl (C=O) groups is 2. The van der Waals surface area contributed by atoms with Crippen LogP contribution in [0.15, 0.2) is 48.5 Å². The van der Waals surface area contributed by atoms with Gasteiger partial charge in [0.2, 0.25) is 0 Å². The van der Waals surface area contributed by atoms with Crippen LogP contribution in [0.2, 0.25) is 0 Å². The van der Waals surface area contributed by atoms with Crippen molar-refractivity contribution in [2.45, 2.75) is 6.36 Å². The van der Waals surface area contributed by atoms with Gasteiger partial charge in [0, 0.05) is 5.69 Å². The van der Waals surface area contributed by atoms with Crippen LogP contribution in [-0.2, 0) is 9.53 Å². The molecule has 0 spiro atoms. The molecule has 0 bridgehead atoms. The van der Waals surface area contributed by atoms with E-state index in [4.69, 9.17) is 9.47 Å². The average Bonchev–Trinajstić information content (AvgIpc) is 2.60. The van der Waals surface area contributed by atoms with Gasteiger partial charge >= 0.3 is 12.3 Å². The molecular weight excluding hydrogens is 355 g/mol. The number of methoxy groups -OCH3 is 1. The minimum atomic E-state index is -4.79. The van der Waals surface area contributed by atoms with E-state index in [9.17, 15) is 22.8 Å². The Labute approximate surface area is 146 Å². The first kappa shape index (κ1) is 19.1. The summed E-state index contributed by atoms with van der Waals surface area (Å²) in [6.45, 7) is -0.572. The van der Waals surface area contributed by atoms with E-state index in [0.29, 0.717) is 5.75 Å². The van der Waals surface area contributed by atoms with Gasteiger partial charge in [-0.2, -0.15) is 0 Å². The fraction of sp³-hybridized carbons (Fsp3) is 0.176. The number of alkyl halides is 3.